The Hall–Kier alpha value is -1.91. The first-order valence-corrected chi connectivity index (χ1v) is 8.21. The molecule has 23 heavy (non-hydrogen) atoms. The third-order valence-electron chi connectivity index (χ3n) is 4.33. The van der Waals surface area contributed by atoms with Gasteiger partial charge < -0.3 is 9.68 Å². The van der Waals surface area contributed by atoms with Gasteiger partial charge in [-0.15, -0.1) is 0 Å². The number of unbranched alkanes of at least 4 members (excludes halogenated alkanes) is 1. The summed E-state index contributed by atoms with van der Waals surface area (Å²) in [5.74, 6) is 0.0976. The highest BCUT2D eigenvalue weighted by Crippen LogP contribution is 2.14. The first-order chi connectivity index (χ1) is 11.2. The van der Waals surface area contributed by atoms with E-state index in [2.05, 4.69) is 6.92 Å². The zero-order valence-corrected chi connectivity index (χ0v) is 13.4. The van der Waals surface area contributed by atoms with E-state index in [4.69, 9.17) is 4.65 Å². The molecule has 1 N–H and O–H groups in total. The molecule has 2 aromatic rings. The van der Waals surface area contributed by atoms with E-state index in [0.29, 0.717) is 13.0 Å². The largest absolute Gasteiger partial charge is 0.491 e. The summed E-state index contributed by atoms with van der Waals surface area (Å²) in [6, 6.07) is 13.7. The molecule has 0 atom stereocenters. The Bertz CT molecular complexity index is 694. The van der Waals surface area contributed by atoms with E-state index in [0.717, 1.165) is 28.6 Å². The van der Waals surface area contributed by atoms with Crippen molar-refractivity contribution >= 4 is 18.4 Å². The van der Waals surface area contributed by atoms with Crippen LogP contribution in [0.5, 0.6) is 0 Å². The number of rotatable bonds is 6. The summed E-state index contributed by atoms with van der Waals surface area (Å²) in [7, 11) is -0.863. The second-order valence-corrected chi connectivity index (χ2v) is 6.10. The van der Waals surface area contributed by atoms with E-state index in [-0.39, 0.29) is 5.78 Å². The maximum absolute atomic E-state index is 12.4. The zero-order chi connectivity index (χ0) is 16.2. The number of benzene rings is 2. The van der Waals surface area contributed by atoms with E-state index >= 15 is 0 Å². The molecule has 0 fully saturated rings. The van der Waals surface area contributed by atoms with E-state index in [9.17, 15) is 9.82 Å². The van der Waals surface area contributed by atoms with Crippen LogP contribution in [0.3, 0.4) is 0 Å². The summed E-state index contributed by atoms with van der Waals surface area (Å²) in [6.45, 7) is 2.61. The van der Waals surface area contributed by atoms with E-state index in [1.54, 1.807) is 0 Å². The van der Waals surface area contributed by atoms with Crippen LogP contribution in [0.2, 0.25) is 0 Å². The van der Waals surface area contributed by atoms with Crippen molar-refractivity contribution in [1.82, 2.24) is 0 Å². The fraction of sp³-hybridized carbons (Fsp3) is 0.316. The molecule has 1 heterocycles. The lowest BCUT2D eigenvalue weighted by Crippen LogP contribution is -2.28. The number of hydrogen-bond acceptors (Lipinski definition) is 3. The number of carbonyl (C=O) groups excluding carboxylic acids is 1. The third-order valence-corrected chi connectivity index (χ3v) is 4.33. The maximum atomic E-state index is 12.4. The van der Waals surface area contributed by atoms with Gasteiger partial charge in [-0.3, -0.25) is 4.79 Å². The van der Waals surface area contributed by atoms with Crippen LogP contribution in [0.15, 0.2) is 42.5 Å². The molecule has 1 aliphatic heterocycles. The molecule has 1 aliphatic rings. The monoisotopic (exact) mass is 308 g/mol. The number of ketones is 1. The normalized spacial score (nSPS) is 13.2. The predicted octanol–water partition coefficient (Wildman–Crippen LogP) is 2.67. The summed E-state index contributed by atoms with van der Waals surface area (Å²) in [5, 5.41) is 9.75. The highest BCUT2D eigenvalue weighted by atomic mass is 16.5. The molecule has 3 nitrogen and oxygen atoms in total. The minimum atomic E-state index is -0.863. The molecule has 0 saturated heterocycles. The first-order valence-electron chi connectivity index (χ1n) is 8.21. The number of fused-ring (bicyclic) bond motifs is 1. The number of carbonyl (C=O) groups is 1. The summed E-state index contributed by atoms with van der Waals surface area (Å²) in [5.41, 5.74) is 4.70. The molecule has 3 rings (SSSR count). The molecular formula is C19H21BO3. The average Bonchev–Trinajstić information content (AvgIpc) is 2.94. The molecule has 0 radical (unpaired) electrons. The highest BCUT2D eigenvalue weighted by Gasteiger charge is 2.27. The van der Waals surface area contributed by atoms with Gasteiger partial charge in [0, 0.05) is 12.0 Å². The fourth-order valence-electron chi connectivity index (χ4n) is 2.90. The van der Waals surface area contributed by atoms with Gasteiger partial charge in [0.05, 0.1) is 6.61 Å². The molecular weight excluding hydrogens is 287 g/mol. The summed E-state index contributed by atoms with van der Waals surface area (Å²) in [6.07, 6.45) is 3.75. The SMILES string of the molecule is CCCCc1ccc(C(=O)Cc2ccc3c(c2)B(O)OC3)cc1. The fourth-order valence-corrected chi connectivity index (χ4v) is 2.90. The van der Waals surface area contributed by atoms with Crippen LogP contribution in [-0.4, -0.2) is 17.9 Å². The van der Waals surface area contributed by atoms with Gasteiger partial charge in [-0.25, -0.2) is 0 Å². The minimum absolute atomic E-state index is 0.0976. The molecule has 0 aliphatic carbocycles. The van der Waals surface area contributed by atoms with Crippen LogP contribution in [0, 0.1) is 0 Å². The van der Waals surface area contributed by atoms with Crippen molar-refractivity contribution in [2.24, 2.45) is 0 Å². The van der Waals surface area contributed by atoms with Gasteiger partial charge in [-0.2, -0.15) is 0 Å². The van der Waals surface area contributed by atoms with Crippen LogP contribution in [0.1, 0.15) is 46.8 Å². The van der Waals surface area contributed by atoms with Crippen LogP contribution >= 0.6 is 0 Å². The minimum Gasteiger partial charge on any atom is -0.423 e. The van der Waals surface area contributed by atoms with Crippen molar-refractivity contribution < 1.29 is 14.5 Å². The molecule has 4 heteroatoms. The second kappa shape index (κ2) is 7.11. The Morgan fingerprint density at radius 1 is 1.17 bits per heavy atom. The smallest absolute Gasteiger partial charge is 0.423 e. The zero-order valence-electron chi connectivity index (χ0n) is 13.4. The molecule has 0 spiro atoms. The standard InChI is InChI=1S/C19H21BO3/c1-2-3-4-14-5-8-16(9-6-14)19(21)12-15-7-10-17-13-23-20(22)18(17)11-15/h5-11,22H,2-4,12-13H2,1H3. The lowest BCUT2D eigenvalue weighted by molar-refractivity contribution is 0.0993. The van der Waals surface area contributed by atoms with Crippen molar-refractivity contribution in [3.63, 3.8) is 0 Å². The van der Waals surface area contributed by atoms with Crippen LogP contribution in [-0.2, 0) is 24.1 Å². The van der Waals surface area contributed by atoms with E-state index in [1.807, 2.05) is 42.5 Å². The summed E-state index contributed by atoms with van der Waals surface area (Å²) in [4.78, 5) is 12.4. The van der Waals surface area contributed by atoms with Gasteiger partial charge in [0.1, 0.15) is 0 Å². The first kappa shape index (κ1) is 16.0. The Morgan fingerprint density at radius 3 is 2.65 bits per heavy atom. The number of hydrogen-bond donors (Lipinski definition) is 1. The quantitative estimate of drug-likeness (QED) is 0.659. The van der Waals surface area contributed by atoms with Crippen molar-refractivity contribution in [2.75, 3.05) is 0 Å². The van der Waals surface area contributed by atoms with Gasteiger partial charge >= 0.3 is 7.12 Å². The Balaban J connectivity index is 1.68. The second-order valence-electron chi connectivity index (χ2n) is 6.10. The number of aryl methyl sites for hydroxylation is 1. The average molecular weight is 308 g/mol. The Morgan fingerprint density at radius 2 is 1.91 bits per heavy atom. The van der Waals surface area contributed by atoms with Crippen LogP contribution < -0.4 is 5.46 Å². The van der Waals surface area contributed by atoms with Gasteiger partial charge in [-0.05, 0) is 35.0 Å². The van der Waals surface area contributed by atoms with Crippen molar-refractivity contribution in [3.8, 4) is 0 Å². The van der Waals surface area contributed by atoms with Crippen LogP contribution in [0.25, 0.3) is 0 Å². The number of Topliss-reactive ketones (excluding diaryl/α,β-unsaturated/α-hetero) is 1. The molecule has 0 bridgehead atoms. The van der Waals surface area contributed by atoms with Crippen molar-refractivity contribution in [2.45, 2.75) is 39.2 Å². The van der Waals surface area contributed by atoms with E-state index in [1.165, 1.54) is 18.4 Å². The summed E-state index contributed by atoms with van der Waals surface area (Å²) < 4.78 is 5.18. The molecule has 2 aromatic carbocycles. The van der Waals surface area contributed by atoms with Gasteiger partial charge in [0.2, 0.25) is 0 Å². The molecule has 0 saturated carbocycles. The van der Waals surface area contributed by atoms with Crippen molar-refractivity contribution in [1.29, 1.82) is 0 Å². The molecule has 0 amide bonds. The maximum Gasteiger partial charge on any atom is 0.491 e. The predicted molar refractivity (Wildman–Crippen MR) is 91.9 cm³/mol. The Labute approximate surface area is 137 Å². The third kappa shape index (κ3) is 3.71. The van der Waals surface area contributed by atoms with Gasteiger partial charge in [-0.1, -0.05) is 55.8 Å². The molecule has 0 unspecified atom stereocenters. The van der Waals surface area contributed by atoms with Crippen LogP contribution in [0.4, 0.5) is 0 Å². The summed E-state index contributed by atoms with van der Waals surface area (Å²) >= 11 is 0. The highest BCUT2D eigenvalue weighted by molar-refractivity contribution is 6.61. The van der Waals surface area contributed by atoms with Crippen molar-refractivity contribution in [3.05, 3.63) is 64.7 Å². The van der Waals surface area contributed by atoms with E-state index < -0.39 is 7.12 Å². The molecule has 0 aromatic heterocycles. The Kier molecular flexibility index (Phi) is 4.94. The molecule has 118 valence electrons. The lowest BCUT2D eigenvalue weighted by atomic mass is 9.78. The topological polar surface area (TPSA) is 46.5 Å². The van der Waals surface area contributed by atoms with Gasteiger partial charge in [0.15, 0.2) is 5.78 Å². The lowest BCUT2D eigenvalue weighted by Gasteiger charge is -2.06. The van der Waals surface area contributed by atoms with Gasteiger partial charge in [0.25, 0.3) is 0 Å².